The smallest absolute Gasteiger partial charge is 0.341 e. The predicted molar refractivity (Wildman–Crippen MR) is 110 cm³/mol. The van der Waals surface area contributed by atoms with Crippen molar-refractivity contribution in [3.63, 3.8) is 0 Å². The maximum absolute atomic E-state index is 12.1. The molecule has 5 nitrogen and oxygen atoms in total. The molecule has 7 heteroatoms. The molecule has 0 saturated carbocycles. The van der Waals surface area contributed by atoms with E-state index in [0.29, 0.717) is 11.3 Å². The SMILES string of the molecule is COC=C(C(=O)OC)c1ccccc1CSC(=Nc1cccnc1)SC. The van der Waals surface area contributed by atoms with Crippen LogP contribution in [0.15, 0.2) is 60.0 Å². The Kier molecular flexibility index (Phi) is 8.24. The molecule has 0 aliphatic carbocycles. The zero-order valence-corrected chi connectivity index (χ0v) is 16.5. The molecule has 0 radical (unpaired) electrons. The Labute approximate surface area is 161 Å². The highest BCUT2D eigenvalue weighted by Gasteiger charge is 2.17. The molecule has 1 heterocycles. The minimum absolute atomic E-state index is 0.390. The number of hydrogen-bond acceptors (Lipinski definition) is 7. The van der Waals surface area contributed by atoms with E-state index in [1.165, 1.54) is 20.5 Å². The number of carbonyl (C=O) groups is 1. The van der Waals surface area contributed by atoms with Crippen LogP contribution in [0.25, 0.3) is 5.57 Å². The number of esters is 1. The van der Waals surface area contributed by atoms with Crippen LogP contribution in [0.3, 0.4) is 0 Å². The Morgan fingerprint density at radius 1 is 1.23 bits per heavy atom. The first-order valence-corrected chi connectivity index (χ1v) is 9.95. The number of thioether (sulfide) groups is 2. The number of ether oxygens (including phenoxy) is 2. The molecule has 1 aromatic heterocycles. The van der Waals surface area contributed by atoms with E-state index in [9.17, 15) is 4.79 Å². The third-order valence-electron chi connectivity index (χ3n) is 3.34. The number of benzene rings is 1. The second-order valence-electron chi connectivity index (χ2n) is 5.00. The van der Waals surface area contributed by atoms with E-state index in [4.69, 9.17) is 9.47 Å². The van der Waals surface area contributed by atoms with Gasteiger partial charge in [0.25, 0.3) is 0 Å². The monoisotopic (exact) mass is 388 g/mol. The summed E-state index contributed by atoms with van der Waals surface area (Å²) in [6, 6.07) is 11.5. The largest absolute Gasteiger partial charge is 0.503 e. The van der Waals surface area contributed by atoms with E-state index < -0.39 is 5.97 Å². The first kappa shape index (κ1) is 20.1. The van der Waals surface area contributed by atoms with Crippen molar-refractivity contribution in [2.24, 2.45) is 4.99 Å². The number of pyridine rings is 1. The van der Waals surface area contributed by atoms with Crippen LogP contribution < -0.4 is 0 Å². The van der Waals surface area contributed by atoms with Crippen molar-refractivity contribution < 1.29 is 14.3 Å². The summed E-state index contributed by atoms with van der Waals surface area (Å²) in [7, 11) is 2.86. The van der Waals surface area contributed by atoms with Crippen molar-refractivity contribution in [3.05, 3.63) is 66.2 Å². The van der Waals surface area contributed by atoms with Crippen molar-refractivity contribution in [2.45, 2.75) is 5.75 Å². The Bertz CT molecular complexity index is 792. The van der Waals surface area contributed by atoms with Gasteiger partial charge in [0.1, 0.15) is 9.95 Å². The van der Waals surface area contributed by atoms with E-state index in [-0.39, 0.29) is 0 Å². The lowest BCUT2D eigenvalue weighted by atomic mass is 10.0. The number of nitrogens with zero attached hydrogens (tertiary/aromatic N) is 2. The number of aliphatic imine (C=N–C) groups is 1. The van der Waals surface area contributed by atoms with E-state index in [2.05, 4.69) is 9.98 Å². The summed E-state index contributed by atoms with van der Waals surface area (Å²) >= 11 is 3.18. The van der Waals surface area contributed by atoms with Crippen LogP contribution in [0, 0.1) is 0 Å². The maximum atomic E-state index is 12.1. The molecule has 0 aliphatic rings. The molecular formula is C19H20N2O3S2. The zero-order chi connectivity index (χ0) is 18.8. The number of aromatic nitrogens is 1. The molecule has 0 unspecified atom stereocenters. The van der Waals surface area contributed by atoms with Gasteiger partial charge in [0.2, 0.25) is 0 Å². The summed E-state index contributed by atoms with van der Waals surface area (Å²) in [6.45, 7) is 0. The van der Waals surface area contributed by atoms with Crippen LogP contribution in [0.5, 0.6) is 0 Å². The zero-order valence-electron chi connectivity index (χ0n) is 14.8. The van der Waals surface area contributed by atoms with Crippen LogP contribution in [0.1, 0.15) is 11.1 Å². The van der Waals surface area contributed by atoms with Gasteiger partial charge in [0, 0.05) is 11.9 Å². The van der Waals surface area contributed by atoms with Crippen molar-refractivity contribution in [2.75, 3.05) is 20.5 Å². The molecule has 0 spiro atoms. The number of hydrogen-bond donors (Lipinski definition) is 0. The summed E-state index contributed by atoms with van der Waals surface area (Å²) in [6.07, 6.45) is 6.84. The Hall–Kier alpha value is -2.25. The van der Waals surface area contributed by atoms with Crippen LogP contribution in [-0.2, 0) is 20.0 Å². The molecule has 0 atom stereocenters. The van der Waals surface area contributed by atoms with Gasteiger partial charge in [0.15, 0.2) is 0 Å². The average Bonchev–Trinajstić information content (AvgIpc) is 2.70. The molecular weight excluding hydrogens is 368 g/mol. The van der Waals surface area contributed by atoms with Gasteiger partial charge < -0.3 is 9.47 Å². The summed E-state index contributed by atoms with van der Waals surface area (Å²) in [5.41, 5.74) is 2.99. The molecule has 0 fully saturated rings. The van der Waals surface area contributed by atoms with Gasteiger partial charge in [-0.3, -0.25) is 4.98 Å². The second kappa shape index (κ2) is 10.7. The molecule has 136 valence electrons. The number of methoxy groups -OCH3 is 2. The minimum atomic E-state index is -0.432. The van der Waals surface area contributed by atoms with Crippen LogP contribution in [0.2, 0.25) is 0 Å². The van der Waals surface area contributed by atoms with Crippen molar-refractivity contribution in [1.82, 2.24) is 4.98 Å². The van der Waals surface area contributed by atoms with E-state index >= 15 is 0 Å². The quantitative estimate of drug-likeness (QED) is 0.238. The first-order chi connectivity index (χ1) is 12.7. The normalized spacial score (nSPS) is 12.0. The van der Waals surface area contributed by atoms with E-state index in [0.717, 1.165) is 21.2 Å². The van der Waals surface area contributed by atoms with E-state index in [1.807, 2.05) is 42.7 Å². The molecule has 1 aromatic carbocycles. The maximum Gasteiger partial charge on any atom is 0.341 e. The Morgan fingerprint density at radius 3 is 2.69 bits per heavy atom. The Balaban J connectivity index is 2.23. The third kappa shape index (κ3) is 5.64. The average molecular weight is 389 g/mol. The fraction of sp³-hybridized carbons (Fsp3) is 0.211. The fourth-order valence-electron chi connectivity index (χ4n) is 2.16. The molecule has 0 saturated heterocycles. The molecule has 0 bridgehead atoms. The first-order valence-electron chi connectivity index (χ1n) is 7.74. The van der Waals surface area contributed by atoms with Crippen molar-refractivity contribution in [3.8, 4) is 0 Å². The molecule has 0 N–H and O–H groups in total. The predicted octanol–water partition coefficient (Wildman–Crippen LogP) is 4.53. The highest BCUT2D eigenvalue weighted by Crippen LogP contribution is 2.28. The molecule has 26 heavy (non-hydrogen) atoms. The summed E-state index contributed by atoms with van der Waals surface area (Å²) in [5, 5.41) is 0. The summed E-state index contributed by atoms with van der Waals surface area (Å²) in [4.78, 5) is 20.8. The number of carbonyl (C=O) groups excluding carboxylic acids is 1. The molecule has 0 amide bonds. The van der Waals surface area contributed by atoms with Crippen molar-refractivity contribution in [1.29, 1.82) is 0 Å². The van der Waals surface area contributed by atoms with Crippen LogP contribution in [-0.4, -0.2) is 35.8 Å². The highest BCUT2D eigenvalue weighted by molar-refractivity contribution is 8.38. The standard InChI is InChI=1S/C19H20N2O3S2/c1-23-12-17(18(22)24-2)16-9-5-4-7-14(16)13-26-19(25-3)21-15-8-6-10-20-11-15/h4-12H,13H2,1-3H3. The third-order valence-corrected chi connectivity index (χ3v) is 5.43. The minimum Gasteiger partial charge on any atom is -0.503 e. The van der Waals surface area contributed by atoms with Gasteiger partial charge in [-0.2, -0.15) is 0 Å². The van der Waals surface area contributed by atoms with Crippen LogP contribution >= 0.6 is 23.5 Å². The van der Waals surface area contributed by atoms with E-state index in [1.54, 1.807) is 35.9 Å². The van der Waals surface area contributed by atoms with Gasteiger partial charge in [-0.25, -0.2) is 9.79 Å². The van der Waals surface area contributed by atoms with Gasteiger partial charge >= 0.3 is 5.97 Å². The highest BCUT2D eigenvalue weighted by atomic mass is 32.2. The number of rotatable bonds is 6. The summed E-state index contributed by atoms with van der Waals surface area (Å²) in [5.74, 6) is 0.229. The Morgan fingerprint density at radius 2 is 2.04 bits per heavy atom. The van der Waals surface area contributed by atoms with Crippen LogP contribution in [0.4, 0.5) is 5.69 Å². The second-order valence-corrected chi connectivity index (χ2v) is 7.02. The topological polar surface area (TPSA) is 60.8 Å². The summed E-state index contributed by atoms with van der Waals surface area (Å²) < 4.78 is 10.8. The van der Waals surface area contributed by atoms with Gasteiger partial charge in [-0.1, -0.05) is 36.0 Å². The van der Waals surface area contributed by atoms with Gasteiger partial charge in [-0.15, -0.1) is 11.8 Å². The lowest BCUT2D eigenvalue weighted by Crippen LogP contribution is -2.06. The molecule has 2 aromatic rings. The lowest BCUT2D eigenvalue weighted by Gasteiger charge is -2.11. The molecule has 2 rings (SSSR count). The van der Waals surface area contributed by atoms with Crippen molar-refractivity contribution >= 4 is 45.1 Å². The lowest BCUT2D eigenvalue weighted by molar-refractivity contribution is -0.133. The van der Waals surface area contributed by atoms with Gasteiger partial charge in [0.05, 0.1) is 32.4 Å². The molecule has 0 aliphatic heterocycles. The van der Waals surface area contributed by atoms with Gasteiger partial charge in [-0.05, 0) is 29.5 Å². The fourth-order valence-corrected chi connectivity index (χ4v) is 3.71.